The van der Waals surface area contributed by atoms with Crippen LogP contribution in [0.1, 0.15) is 25.8 Å². The van der Waals surface area contributed by atoms with Crippen LogP contribution in [-0.4, -0.2) is 39.6 Å². The molecule has 0 saturated heterocycles. The Labute approximate surface area is 175 Å². The standard InChI is InChI=1S/C22H26N4O2S/c1-5-16(3)23-20(27)14-29-22-25-24-21(17-7-6-8-19(13-17)28-4)26(22)18-11-9-15(2)10-12-18/h6-13,16H,5,14H2,1-4H3,(H,23,27)/t16-/m0/s1. The van der Waals surface area contributed by atoms with E-state index in [0.717, 1.165) is 23.4 Å². The van der Waals surface area contributed by atoms with Gasteiger partial charge in [0.05, 0.1) is 12.9 Å². The van der Waals surface area contributed by atoms with E-state index in [1.807, 2.05) is 61.7 Å². The highest BCUT2D eigenvalue weighted by Crippen LogP contribution is 2.29. The molecule has 7 heteroatoms. The Hall–Kier alpha value is -2.80. The third kappa shape index (κ3) is 5.17. The van der Waals surface area contributed by atoms with Crippen molar-refractivity contribution in [3.63, 3.8) is 0 Å². The van der Waals surface area contributed by atoms with Gasteiger partial charge in [-0.15, -0.1) is 10.2 Å². The third-order valence-corrected chi connectivity index (χ3v) is 5.53. The topological polar surface area (TPSA) is 69.0 Å². The SMILES string of the molecule is CC[C@H](C)NC(=O)CSc1nnc(-c2cccc(OC)c2)n1-c1ccc(C)cc1. The van der Waals surface area contributed by atoms with Crippen molar-refractivity contribution in [1.82, 2.24) is 20.1 Å². The van der Waals surface area contributed by atoms with Gasteiger partial charge in [0.1, 0.15) is 5.75 Å². The van der Waals surface area contributed by atoms with Crippen molar-refractivity contribution in [2.75, 3.05) is 12.9 Å². The van der Waals surface area contributed by atoms with Gasteiger partial charge in [0, 0.05) is 17.3 Å². The van der Waals surface area contributed by atoms with Gasteiger partial charge in [-0.2, -0.15) is 0 Å². The molecule has 0 saturated carbocycles. The molecule has 0 aliphatic rings. The molecule has 1 heterocycles. The first-order valence-electron chi connectivity index (χ1n) is 9.60. The van der Waals surface area contributed by atoms with Gasteiger partial charge >= 0.3 is 0 Å². The second-order valence-electron chi connectivity index (χ2n) is 6.87. The summed E-state index contributed by atoms with van der Waals surface area (Å²) in [6.45, 7) is 6.10. The molecule has 0 spiro atoms. The van der Waals surface area contributed by atoms with Crippen LogP contribution in [0, 0.1) is 6.92 Å². The largest absolute Gasteiger partial charge is 0.497 e. The number of nitrogens with one attached hydrogen (secondary N) is 1. The molecular weight excluding hydrogens is 384 g/mol. The number of hydrogen-bond acceptors (Lipinski definition) is 5. The average molecular weight is 411 g/mol. The van der Waals surface area contributed by atoms with Gasteiger partial charge in [0.25, 0.3) is 0 Å². The Balaban J connectivity index is 1.95. The number of benzene rings is 2. The molecule has 2 aromatic carbocycles. The van der Waals surface area contributed by atoms with Crippen molar-refractivity contribution in [3.05, 3.63) is 54.1 Å². The molecule has 0 radical (unpaired) electrons. The molecular formula is C22H26N4O2S. The number of amides is 1. The van der Waals surface area contributed by atoms with Gasteiger partial charge < -0.3 is 10.1 Å². The first-order valence-corrected chi connectivity index (χ1v) is 10.6. The lowest BCUT2D eigenvalue weighted by Gasteiger charge is -2.13. The molecule has 0 bridgehead atoms. The lowest BCUT2D eigenvalue weighted by molar-refractivity contribution is -0.119. The Morgan fingerprint density at radius 3 is 2.66 bits per heavy atom. The number of rotatable bonds is 8. The highest BCUT2D eigenvalue weighted by Gasteiger charge is 2.18. The quantitative estimate of drug-likeness (QED) is 0.562. The van der Waals surface area contributed by atoms with E-state index in [1.54, 1.807) is 7.11 Å². The second-order valence-corrected chi connectivity index (χ2v) is 7.82. The zero-order chi connectivity index (χ0) is 20.8. The van der Waals surface area contributed by atoms with Crippen LogP contribution in [0.15, 0.2) is 53.7 Å². The normalized spacial score (nSPS) is 11.9. The van der Waals surface area contributed by atoms with Crippen molar-refractivity contribution in [2.45, 2.75) is 38.4 Å². The number of carbonyl (C=O) groups excluding carboxylic acids is 1. The number of aryl methyl sites for hydroxylation is 1. The molecule has 1 atom stereocenters. The molecule has 152 valence electrons. The van der Waals surface area contributed by atoms with Gasteiger partial charge in [-0.1, -0.05) is 48.5 Å². The average Bonchev–Trinajstić information content (AvgIpc) is 3.16. The molecule has 0 fully saturated rings. The zero-order valence-corrected chi connectivity index (χ0v) is 18.0. The highest BCUT2D eigenvalue weighted by atomic mass is 32.2. The van der Waals surface area contributed by atoms with Crippen LogP contribution in [0.2, 0.25) is 0 Å². The van der Waals surface area contributed by atoms with Crippen molar-refractivity contribution in [2.24, 2.45) is 0 Å². The van der Waals surface area contributed by atoms with E-state index in [0.29, 0.717) is 11.0 Å². The fourth-order valence-electron chi connectivity index (χ4n) is 2.79. The Kier molecular flexibility index (Phi) is 6.93. The summed E-state index contributed by atoms with van der Waals surface area (Å²) in [5.74, 6) is 1.73. The van der Waals surface area contributed by atoms with E-state index in [4.69, 9.17) is 4.74 Å². The van der Waals surface area contributed by atoms with Gasteiger partial charge in [0.15, 0.2) is 11.0 Å². The van der Waals surface area contributed by atoms with E-state index < -0.39 is 0 Å². The van der Waals surface area contributed by atoms with Gasteiger partial charge in [-0.25, -0.2) is 0 Å². The predicted octanol–water partition coefficient (Wildman–Crippen LogP) is 4.26. The van der Waals surface area contributed by atoms with Crippen molar-refractivity contribution in [1.29, 1.82) is 0 Å². The third-order valence-electron chi connectivity index (χ3n) is 4.61. The Morgan fingerprint density at radius 2 is 1.97 bits per heavy atom. The maximum atomic E-state index is 12.2. The molecule has 0 aliphatic carbocycles. The maximum absolute atomic E-state index is 12.2. The van der Waals surface area contributed by atoms with E-state index in [2.05, 4.69) is 27.6 Å². The van der Waals surface area contributed by atoms with Crippen LogP contribution in [0.5, 0.6) is 5.75 Å². The van der Waals surface area contributed by atoms with Crippen LogP contribution in [0.25, 0.3) is 17.1 Å². The minimum atomic E-state index is -0.00858. The summed E-state index contributed by atoms with van der Waals surface area (Å²) in [6.07, 6.45) is 0.899. The summed E-state index contributed by atoms with van der Waals surface area (Å²) in [5, 5.41) is 12.5. The summed E-state index contributed by atoms with van der Waals surface area (Å²) in [7, 11) is 1.64. The first kappa shape index (κ1) is 20.9. The van der Waals surface area contributed by atoms with E-state index in [-0.39, 0.29) is 17.7 Å². The molecule has 29 heavy (non-hydrogen) atoms. The maximum Gasteiger partial charge on any atom is 0.230 e. The number of ether oxygens (including phenoxy) is 1. The number of hydrogen-bond donors (Lipinski definition) is 1. The first-order chi connectivity index (χ1) is 14.0. The lowest BCUT2D eigenvalue weighted by atomic mass is 10.2. The molecule has 3 rings (SSSR count). The monoisotopic (exact) mass is 410 g/mol. The fraction of sp³-hybridized carbons (Fsp3) is 0.318. The number of aromatic nitrogens is 3. The van der Waals surface area contributed by atoms with Gasteiger partial charge in [-0.05, 0) is 44.5 Å². The second kappa shape index (κ2) is 9.60. The molecule has 1 N–H and O–H groups in total. The van der Waals surface area contributed by atoms with Crippen LogP contribution >= 0.6 is 11.8 Å². The van der Waals surface area contributed by atoms with E-state index in [9.17, 15) is 4.79 Å². The summed E-state index contributed by atoms with van der Waals surface area (Å²) in [5.41, 5.74) is 3.02. The summed E-state index contributed by atoms with van der Waals surface area (Å²) in [4.78, 5) is 12.2. The zero-order valence-electron chi connectivity index (χ0n) is 17.2. The van der Waals surface area contributed by atoms with Crippen LogP contribution in [0.3, 0.4) is 0 Å². The predicted molar refractivity (Wildman–Crippen MR) is 117 cm³/mol. The van der Waals surface area contributed by atoms with E-state index in [1.165, 1.54) is 17.3 Å². The number of methoxy groups -OCH3 is 1. The van der Waals surface area contributed by atoms with Gasteiger partial charge in [-0.3, -0.25) is 9.36 Å². The molecule has 3 aromatic rings. The summed E-state index contributed by atoms with van der Waals surface area (Å²) >= 11 is 1.38. The number of carbonyl (C=O) groups is 1. The molecule has 0 unspecified atom stereocenters. The van der Waals surface area contributed by atoms with Crippen LogP contribution in [-0.2, 0) is 4.79 Å². The van der Waals surface area contributed by atoms with Crippen molar-refractivity contribution in [3.8, 4) is 22.8 Å². The van der Waals surface area contributed by atoms with Crippen molar-refractivity contribution >= 4 is 17.7 Å². The Bertz CT molecular complexity index is 969. The fourth-order valence-corrected chi connectivity index (χ4v) is 3.55. The van der Waals surface area contributed by atoms with Crippen molar-refractivity contribution < 1.29 is 9.53 Å². The highest BCUT2D eigenvalue weighted by molar-refractivity contribution is 7.99. The van der Waals surface area contributed by atoms with Gasteiger partial charge in [0.2, 0.25) is 5.91 Å². The lowest BCUT2D eigenvalue weighted by Crippen LogP contribution is -2.33. The number of nitrogens with zero attached hydrogens (tertiary/aromatic N) is 3. The molecule has 1 amide bonds. The van der Waals surface area contributed by atoms with Crippen LogP contribution < -0.4 is 10.1 Å². The minimum Gasteiger partial charge on any atom is -0.497 e. The molecule has 6 nitrogen and oxygen atoms in total. The summed E-state index contributed by atoms with van der Waals surface area (Å²) in [6, 6.07) is 16.0. The number of thioether (sulfide) groups is 1. The Morgan fingerprint density at radius 1 is 1.21 bits per heavy atom. The molecule has 1 aromatic heterocycles. The van der Waals surface area contributed by atoms with E-state index >= 15 is 0 Å². The van der Waals surface area contributed by atoms with Crippen LogP contribution in [0.4, 0.5) is 0 Å². The summed E-state index contributed by atoms with van der Waals surface area (Å²) < 4.78 is 7.34. The minimum absolute atomic E-state index is 0.00858. The smallest absolute Gasteiger partial charge is 0.230 e. The molecule has 0 aliphatic heterocycles.